The Bertz CT molecular complexity index is 813. The van der Waals surface area contributed by atoms with Gasteiger partial charge in [0.15, 0.2) is 6.61 Å². The monoisotopic (exact) mass is 366 g/mol. The van der Waals surface area contributed by atoms with Crippen molar-refractivity contribution in [3.05, 3.63) is 59.2 Å². The van der Waals surface area contributed by atoms with Crippen LogP contribution < -0.4 is 10.1 Å². The lowest BCUT2D eigenvalue weighted by molar-refractivity contribution is -0.130. The molecule has 142 valence electrons. The maximum absolute atomic E-state index is 12.3. The minimum Gasteiger partial charge on any atom is -0.484 e. The summed E-state index contributed by atoms with van der Waals surface area (Å²) in [5.74, 6) is 0.456. The number of aryl methyl sites for hydroxylation is 2. The highest BCUT2D eigenvalue weighted by molar-refractivity contribution is 5.92. The molecule has 0 atom stereocenters. The summed E-state index contributed by atoms with van der Waals surface area (Å²) in [4.78, 5) is 25.3. The molecule has 27 heavy (non-hydrogen) atoms. The second kappa shape index (κ2) is 8.71. The minimum absolute atomic E-state index is 0.00294. The molecule has 0 saturated heterocycles. The van der Waals surface area contributed by atoms with E-state index in [2.05, 4.69) is 23.5 Å². The van der Waals surface area contributed by atoms with E-state index >= 15 is 0 Å². The van der Waals surface area contributed by atoms with Gasteiger partial charge in [-0.15, -0.1) is 0 Å². The van der Waals surface area contributed by atoms with Crippen LogP contribution in [0.4, 0.5) is 5.69 Å². The summed E-state index contributed by atoms with van der Waals surface area (Å²) < 4.78 is 5.43. The lowest BCUT2D eigenvalue weighted by Gasteiger charge is -2.16. The van der Waals surface area contributed by atoms with Crippen LogP contribution in [-0.4, -0.2) is 37.4 Å². The van der Waals surface area contributed by atoms with Crippen LogP contribution in [0, 0.1) is 0 Å². The second-order valence-electron chi connectivity index (χ2n) is 7.14. The number of likely N-dealkylation sites (N-methyl/N-ethyl adjacent to an activating group) is 1. The number of nitrogens with zero attached hydrogens (tertiary/aromatic N) is 1. The Hall–Kier alpha value is -2.82. The van der Waals surface area contributed by atoms with Gasteiger partial charge in [0, 0.05) is 19.8 Å². The third-order valence-corrected chi connectivity index (χ3v) is 4.78. The number of carbonyl (C=O) groups excluding carboxylic acids is 2. The third-order valence-electron chi connectivity index (χ3n) is 4.78. The number of anilines is 1. The summed E-state index contributed by atoms with van der Waals surface area (Å²) in [7, 11) is 3.37. The van der Waals surface area contributed by atoms with E-state index < -0.39 is 0 Å². The summed E-state index contributed by atoms with van der Waals surface area (Å²) in [6.07, 6.45) is 5.12. The normalized spacial score (nSPS) is 12.8. The number of rotatable bonds is 6. The molecule has 1 aliphatic carbocycles. The van der Waals surface area contributed by atoms with E-state index in [0.717, 1.165) is 18.4 Å². The van der Waals surface area contributed by atoms with Crippen molar-refractivity contribution in [2.24, 2.45) is 0 Å². The number of hydrogen-bond acceptors (Lipinski definition) is 3. The quantitative estimate of drug-likeness (QED) is 0.854. The molecular formula is C22H26N2O3. The molecular weight excluding hydrogens is 340 g/mol. The van der Waals surface area contributed by atoms with Gasteiger partial charge in [-0.25, -0.2) is 0 Å². The van der Waals surface area contributed by atoms with Crippen molar-refractivity contribution < 1.29 is 14.3 Å². The maximum Gasteiger partial charge on any atom is 0.259 e. The number of hydrogen-bond donors (Lipinski definition) is 1. The van der Waals surface area contributed by atoms with Gasteiger partial charge >= 0.3 is 0 Å². The first-order chi connectivity index (χ1) is 13.0. The van der Waals surface area contributed by atoms with E-state index in [0.29, 0.717) is 17.9 Å². The van der Waals surface area contributed by atoms with Gasteiger partial charge in [-0.05, 0) is 66.6 Å². The minimum atomic E-state index is -0.0996. The Morgan fingerprint density at radius 2 is 1.70 bits per heavy atom. The van der Waals surface area contributed by atoms with Crippen molar-refractivity contribution in [1.82, 2.24) is 4.90 Å². The molecule has 0 aliphatic heterocycles. The van der Waals surface area contributed by atoms with Crippen molar-refractivity contribution in [3.63, 3.8) is 0 Å². The van der Waals surface area contributed by atoms with Gasteiger partial charge in [0.25, 0.3) is 5.91 Å². The van der Waals surface area contributed by atoms with E-state index in [4.69, 9.17) is 4.74 Å². The molecule has 0 aromatic heterocycles. The molecule has 0 saturated carbocycles. The Morgan fingerprint density at radius 3 is 2.41 bits per heavy atom. The number of amides is 2. The molecule has 1 aliphatic rings. The van der Waals surface area contributed by atoms with Crippen molar-refractivity contribution in [2.75, 3.05) is 26.0 Å². The Labute approximate surface area is 160 Å². The summed E-state index contributed by atoms with van der Waals surface area (Å²) >= 11 is 0. The molecule has 1 N–H and O–H groups in total. The predicted octanol–water partition coefficient (Wildman–Crippen LogP) is 3.21. The van der Waals surface area contributed by atoms with Gasteiger partial charge < -0.3 is 15.0 Å². The first-order valence-corrected chi connectivity index (χ1v) is 9.35. The smallest absolute Gasteiger partial charge is 0.259 e. The van der Waals surface area contributed by atoms with E-state index in [1.165, 1.54) is 28.9 Å². The van der Waals surface area contributed by atoms with Gasteiger partial charge in [-0.2, -0.15) is 0 Å². The zero-order valence-electron chi connectivity index (χ0n) is 16.0. The fourth-order valence-electron chi connectivity index (χ4n) is 3.20. The summed E-state index contributed by atoms with van der Waals surface area (Å²) in [6, 6.07) is 13.4. The average molecular weight is 366 g/mol. The lowest BCUT2D eigenvalue weighted by Crippen LogP contribution is -2.27. The van der Waals surface area contributed by atoms with E-state index in [-0.39, 0.29) is 18.4 Å². The van der Waals surface area contributed by atoms with Gasteiger partial charge in [0.2, 0.25) is 5.91 Å². The van der Waals surface area contributed by atoms with Crippen molar-refractivity contribution in [1.29, 1.82) is 0 Å². The van der Waals surface area contributed by atoms with Gasteiger partial charge in [-0.1, -0.05) is 18.2 Å². The number of nitrogens with one attached hydrogen (secondary N) is 1. The summed E-state index contributed by atoms with van der Waals surface area (Å²) in [6.45, 7) is -0.00294. The standard InChI is InChI=1S/C22H26N2O3/c1-24(2)22(26)15-27-20-11-9-19(10-12-20)23-21(25)14-16-7-8-17-5-3-4-6-18(17)13-16/h7-13H,3-6,14-15H2,1-2H3,(H,23,25). The molecule has 0 unspecified atom stereocenters. The topological polar surface area (TPSA) is 58.6 Å². The molecule has 5 nitrogen and oxygen atoms in total. The molecule has 0 heterocycles. The predicted molar refractivity (Wildman–Crippen MR) is 106 cm³/mol. The fourth-order valence-corrected chi connectivity index (χ4v) is 3.20. The number of carbonyl (C=O) groups is 2. The van der Waals surface area contributed by atoms with Crippen LogP contribution in [0.25, 0.3) is 0 Å². The van der Waals surface area contributed by atoms with Crippen LogP contribution in [0.5, 0.6) is 5.75 Å². The first kappa shape index (κ1) is 19.0. The Balaban J connectivity index is 1.52. The van der Waals surface area contributed by atoms with E-state index in [1.807, 2.05) is 0 Å². The number of ether oxygens (including phenoxy) is 1. The highest BCUT2D eigenvalue weighted by Gasteiger charge is 2.11. The molecule has 0 fully saturated rings. The number of fused-ring (bicyclic) bond motifs is 1. The molecule has 0 spiro atoms. The molecule has 3 rings (SSSR count). The van der Waals surface area contributed by atoms with Gasteiger partial charge in [-0.3, -0.25) is 9.59 Å². The molecule has 2 aromatic carbocycles. The largest absolute Gasteiger partial charge is 0.484 e. The highest BCUT2D eigenvalue weighted by atomic mass is 16.5. The SMILES string of the molecule is CN(C)C(=O)COc1ccc(NC(=O)Cc2ccc3c(c2)CCCC3)cc1. The summed E-state index contributed by atoms with van der Waals surface area (Å²) in [5, 5.41) is 2.91. The van der Waals surface area contributed by atoms with Gasteiger partial charge in [0.1, 0.15) is 5.75 Å². The zero-order chi connectivity index (χ0) is 19.2. The van der Waals surface area contributed by atoms with Crippen LogP contribution in [0.2, 0.25) is 0 Å². The fraction of sp³-hybridized carbons (Fsp3) is 0.364. The van der Waals surface area contributed by atoms with Crippen LogP contribution >= 0.6 is 0 Å². The molecule has 2 aromatic rings. The van der Waals surface area contributed by atoms with Crippen molar-refractivity contribution in [3.8, 4) is 5.75 Å². The van der Waals surface area contributed by atoms with Gasteiger partial charge in [0.05, 0.1) is 6.42 Å². The Kier molecular flexibility index (Phi) is 6.12. The summed E-state index contributed by atoms with van der Waals surface area (Å²) in [5.41, 5.74) is 4.58. The van der Waals surface area contributed by atoms with E-state index in [1.54, 1.807) is 38.4 Å². The highest BCUT2D eigenvalue weighted by Crippen LogP contribution is 2.23. The van der Waals surface area contributed by atoms with Crippen molar-refractivity contribution in [2.45, 2.75) is 32.1 Å². The third kappa shape index (κ3) is 5.33. The molecule has 2 amide bonds. The molecule has 0 bridgehead atoms. The van der Waals surface area contributed by atoms with Crippen LogP contribution in [0.3, 0.4) is 0 Å². The molecule has 5 heteroatoms. The van der Waals surface area contributed by atoms with E-state index in [9.17, 15) is 9.59 Å². The van der Waals surface area contributed by atoms with Crippen LogP contribution in [-0.2, 0) is 28.9 Å². The lowest BCUT2D eigenvalue weighted by atomic mass is 9.90. The second-order valence-corrected chi connectivity index (χ2v) is 7.14. The van der Waals surface area contributed by atoms with Crippen molar-refractivity contribution >= 4 is 17.5 Å². The maximum atomic E-state index is 12.3. The van der Waals surface area contributed by atoms with Crippen LogP contribution in [0.15, 0.2) is 42.5 Å². The first-order valence-electron chi connectivity index (χ1n) is 9.35. The number of benzene rings is 2. The average Bonchev–Trinajstić information content (AvgIpc) is 2.67. The Morgan fingerprint density at radius 1 is 1.00 bits per heavy atom. The zero-order valence-corrected chi connectivity index (χ0v) is 16.0. The molecule has 0 radical (unpaired) electrons. The van der Waals surface area contributed by atoms with Crippen LogP contribution in [0.1, 0.15) is 29.5 Å².